The van der Waals surface area contributed by atoms with Crippen LogP contribution in [0, 0.1) is 20.8 Å². The molecule has 0 amide bonds. The minimum absolute atomic E-state index is 0.314. The van der Waals surface area contributed by atoms with E-state index in [4.69, 9.17) is 11.6 Å². The van der Waals surface area contributed by atoms with Crippen molar-refractivity contribution in [1.29, 1.82) is 0 Å². The lowest BCUT2D eigenvalue weighted by molar-refractivity contribution is -0.141. The predicted molar refractivity (Wildman–Crippen MR) is 92.1 cm³/mol. The molecule has 2 heterocycles. The highest BCUT2D eigenvalue weighted by Crippen LogP contribution is 2.36. The summed E-state index contributed by atoms with van der Waals surface area (Å²) in [6, 6.07) is 6.19. The molecule has 1 aliphatic heterocycles. The molecule has 1 atom stereocenters. The zero-order valence-electron chi connectivity index (χ0n) is 14.3. The second kappa shape index (κ2) is 6.53. The van der Waals surface area contributed by atoms with Gasteiger partial charge in [0.05, 0.1) is 17.3 Å². The van der Waals surface area contributed by atoms with Crippen LogP contribution in [0.1, 0.15) is 28.7 Å². The molecule has 0 bridgehead atoms. The molecule has 1 aliphatic rings. The van der Waals surface area contributed by atoms with E-state index in [1.807, 2.05) is 19.9 Å². The third-order valence-electron chi connectivity index (χ3n) is 4.49. The molecule has 1 unspecified atom stereocenters. The maximum Gasteiger partial charge on any atom is 0.436 e. The Labute approximate surface area is 149 Å². The molecule has 136 valence electrons. The van der Waals surface area contributed by atoms with E-state index in [-0.39, 0.29) is 11.2 Å². The Kier molecular flexibility index (Phi) is 4.72. The fourth-order valence-electron chi connectivity index (χ4n) is 3.26. The van der Waals surface area contributed by atoms with Crippen LogP contribution in [0.15, 0.2) is 18.2 Å². The molecule has 8 heteroatoms. The average Bonchev–Trinajstić information content (AvgIpc) is 2.83. The monoisotopic (exact) mass is 372 g/mol. The van der Waals surface area contributed by atoms with Crippen molar-refractivity contribution in [2.24, 2.45) is 0 Å². The number of hydrogen-bond acceptors (Lipinski definition) is 3. The van der Waals surface area contributed by atoms with Crippen molar-refractivity contribution in [3.05, 3.63) is 45.7 Å². The van der Waals surface area contributed by atoms with Crippen LogP contribution in [0.25, 0.3) is 0 Å². The van der Waals surface area contributed by atoms with Gasteiger partial charge in [0.25, 0.3) is 0 Å². The first-order valence-electron chi connectivity index (χ1n) is 8.06. The minimum atomic E-state index is -4.56. The third kappa shape index (κ3) is 3.48. The molecule has 2 aromatic rings. The molecule has 25 heavy (non-hydrogen) atoms. The fraction of sp³-hybridized carbons (Fsp3) is 0.471. The van der Waals surface area contributed by atoms with Gasteiger partial charge in [-0.2, -0.15) is 18.3 Å². The molecular weight excluding hydrogens is 353 g/mol. The summed E-state index contributed by atoms with van der Waals surface area (Å²) >= 11 is 5.87. The summed E-state index contributed by atoms with van der Waals surface area (Å²) < 4.78 is 40.5. The van der Waals surface area contributed by atoms with E-state index in [0.29, 0.717) is 18.8 Å². The van der Waals surface area contributed by atoms with Gasteiger partial charge in [-0.05, 0) is 32.4 Å². The predicted octanol–water partition coefficient (Wildman–Crippen LogP) is 4.09. The highest BCUT2D eigenvalue weighted by Gasteiger charge is 2.39. The molecular formula is C17H20ClF3N4. The number of benzene rings is 1. The lowest BCUT2D eigenvalue weighted by Gasteiger charge is -2.36. The summed E-state index contributed by atoms with van der Waals surface area (Å²) in [6.07, 6.45) is -4.93. The van der Waals surface area contributed by atoms with Gasteiger partial charge in [-0.3, -0.25) is 5.32 Å². The Balaban J connectivity index is 1.89. The highest BCUT2D eigenvalue weighted by molar-refractivity contribution is 6.31. The molecule has 1 N–H and O–H groups in total. The van der Waals surface area contributed by atoms with Crippen molar-refractivity contribution in [3.63, 3.8) is 0 Å². The van der Waals surface area contributed by atoms with E-state index < -0.39 is 11.9 Å². The van der Waals surface area contributed by atoms with E-state index in [1.54, 1.807) is 6.92 Å². The number of aromatic nitrogens is 2. The van der Waals surface area contributed by atoms with Gasteiger partial charge < -0.3 is 4.90 Å². The van der Waals surface area contributed by atoms with E-state index in [9.17, 15) is 13.2 Å². The van der Waals surface area contributed by atoms with Gasteiger partial charge in [-0.25, -0.2) is 4.68 Å². The van der Waals surface area contributed by atoms with Gasteiger partial charge >= 0.3 is 6.18 Å². The summed E-state index contributed by atoms with van der Waals surface area (Å²) in [6.45, 7) is 7.57. The Bertz CT molecular complexity index is 785. The molecule has 3 rings (SSSR count). The van der Waals surface area contributed by atoms with Crippen LogP contribution in [0.4, 0.5) is 18.9 Å². The number of piperazine rings is 1. The van der Waals surface area contributed by atoms with Crippen molar-refractivity contribution in [3.8, 4) is 0 Å². The first-order chi connectivity index (χ1) is 11.7. The molecule has 4 nitrogen and oxygen atoms in total. The second-order valence-electron chi connectivity index (χ2n) is 6.40. The number of nitrogens with one attached hydrogen (secondary N) is 1. The van der Waals surface area contributed by atoms with Gasteiger partial charge in [-0.15, -0.1) is 0 Å². The molecule has 1 saturated heterocycles. The summed E-state index contributed by atoms with van der Waals surface area (Å²) in [4.78, 5) is 2.16. The first-order valence-corrected chi connectivity index (χ1v) is 8.43. The van der Waals surface area contributed by atoms with Gasteiger partial charge in [-0.1, -0.05) is 29.3 Å². The summed E-state index contributed by atoms with van der Waals surface area (Å²) in [5.41, 5.74) is 2.69. The Hall–Kier alpha value is -1.73. The normalized spacial score (nSPS) is 18.7. The topological polar surface area (TPSA) is 33.1 Å². The van der Waals surface area contributed by atoms with Crippen LogP contribution in [0.3, 0.4) is 0 Å². The Morgan fingerprint density at radius 3 is 2.56 bits per heavy atom. The second-order valence-corrected chi connectivity index (χ2v) is 6.77. The summed E-state index contributed by atoms with van der Waals surface area (Å²) in [5.74, 6) is 0. The van der Waals surface area contributed by atoms with Crippen LogP contribution in [0.5, 0.6) is 0 Å². The zero-order valence-corrected chi connectivity index (χ0v) is 15.0. The average molecular weight is 373 g/mol. The Morgan fingerprint density at radius 1 is 1.24 bits per heavy atom. The number of rotatable bonds is 2. The Morgan fingerprint density at radius 2 is 1.96 bits per heavy atom. The smallest absolute Gasteiger partial charge is 0.367 e. The van der Waals surface area contributed by atoms with Crippen LogP contribution in [-0.4, -0.2) is 29.4 Å². The van der Waals surface area contributed by atoms with Gasteiger partial charge in [0.15, 0.2) is 5.69 Å². The molecule has 1 aromatic carbocycles. The molecule has 0 aliphatic carbocycles. The highest BCUT2D eigenvalue weighted by atomic mass is 35.5. The minimum Gasteiger partial charge on any atom is -0.367 e. The van der Waals surface area contributed by atoms with Crippen LogP contribution >= 0.6 is 11.6 Å². The number of aryl methyl sites for hydroxylation is 2. The number of alkyl halides is 3. The van der Waals surface area contributed by atoms with E-state index in [2.05, 4.69) is 27.4 Å². The molecule has 0 radical (unpaired) electrons. The first kappa shape index (κ1) is 18.1. The zero-order chi connectivity index (χ0) is 18.4. The lowest BCUT2D eigenvalue weighted by Crippen LogP contribution is -2.48. The van der Waals surface area contributed by atoms with Crippen molar-refractivity contribution in [2.45, 2.75) is 33.1 Å². The molecule has 0 spiro atoms. The largest absolute Gasteiger partial charge is 0.436 e. The summed E-state index contributed by atoms with van der Waals surface area (Å²) in [5, 5.41) is 6.64. The van der Waals surface area contributed by atoms with Gasteiger partial charge in [0.1, 0.15) is 6.17 Å². The van der Waals surface area contributed by atoms with Crippen molar-refractivity contribution in [1.82, 2.24) is 15.1 Å². The van der Waals surface area contributed by atoms with Gasteiger partial charge in [0, 0.05) is 18.8 Å². The number of halogens is 4. The van der Waals surface area contributed by atoms with Crippen molar-refractivity contribution in [2.75, 3.05) is 24.5 Å². The van der Waals surface area contributed by atoms with Crippen LogP contribution < -0.4 is 10.2 Å². The molecule has 1 aromatic heterocycles. The summed E-state index contributed by atoms with van der Waals surface area (Å²) in [7, 11) is 0. The van der Waals surface area contributed by atoms with Gasteiger partial charge in [0.2, 0.25) is 0 Å². The quantitative estimate of drug-likeness (QED) is 0.862. The number of nitrogens with zero attached hydrogens (tertiary/aromatic N) is 3. The third-order valence-corrected chi connectivity index (χ3v) is 4.94. The molecule has 1 fully saturated rings. The van der Waals surface area contributed by atoms with Crippen LogP contribution in [0.2, 0.25) is 5.02 Å². The maximum absolute atomic E-state index is 13.1. The van der Waals surface area contributed by atoms with Crippen LogP contribution in [-0.2, 0) is 6.18 Å². The van der Waals surface area contributed by atoms with E-state index in [0.717, 1.165) is 17.8 Å². The van der Waals surface area contributed by atoms with Crippen molar-refractivity contribution < 1.29 is 13.2 Å². The SMILES string of the molecule is Cc1ccc(N2CCNC(n3nc(C(F)(F)F)c(Cl)c3C)C2)c(C)c1. The van der Waals surface area contributed by atoms with E-state index >= 15 is 0 Å². The standard InChI is InChI=1S/C17H20ClF3N4/c1-10-4-5-13(11(2)8-10)24-7-6-22-14(9-24)25-12(3)15(18)16(23-25)17(19,20)21/h4-5,8,14,22H,6-7,9H2,1-3H3. The van der Waals surface area contributed by atoms with E-state index in [1.165, 1.54) is 10.2 Å². The molecule has 0 saturated carbocycles. The number of hydrogen-bond donors (Lipinski definition) is 1. The number of anilines is 1. The maximum atomic E-state index is 13.1. The lowest BCUT2D eigenvalue weighted by atomic mass is 10.1. The van der Waals surface area contributed by atoms with Crippen molar-refractivity contribution >= 4 is 17.3 Å². The fourth-order valence-corrected chi connectivity index (χ4v) is 3.49.